The van der Waals surface area contributed by atoms with E-state index in [0.717, 1.165) is 22.0 Å². The van der Waals surface area contributed by atoms with Crippen molar-refractivity contribution in [2.75, 3.05) is 12.3 Å². The maximum Gasteiger partial charge on any atom is 0.165 e. The fraction of sp³-hybridized carbons (Fsp3) is 0.263. The number of hydrogen-bond acceptors (Lipinski definition) is 8. The molecule has 4 aromatic rings. The molecular weight excluding hydrogens is 380 g/mol. The summed E-state index contributed by atoms with van der Waals surface area (Å²) in [5.41, 5.74) is 9.53. The molecular formula is C19H18N4O4S. The topological polar surface area (TPSA) is 127 Å². The van der Waals surface area contributed by atoms with Crippen molar-refractivity contribution < 1.29 is 20.1 Å². The number of rotatable bonds is 3. The van der Waals surface area contributed by atoms with Crippen molar-refractivity contribution in [3.63, 3.8) is 0 Å². The molecule has 3 aromatic heterocycles. The Bertz CT molecular complexity index is 1160. The minimum atomic E-state index is -1.22. The van der Waals surface area contributed by atoms with Gasteiger partial charge in [-0.05, 0) is 40.1 Å². The minimum Gasteiger partial charge on any atom is -0.394 e. The summed E-state index contributed by atoms with van der Waals surface area (Å²) in [6.07, 6.45) is -2.85. The van der Waals surface area contributed by atoms with Crippen molar-refractivity contribution in [2.24, 2.45) is 0 Å². The smallest absolute Gasteiger partial charge is 0.165 e. The van der Waals surface area contributed by atoms with E-state index in [4.69, 9.17) is 10.5 Å². The molecule has 0 saturated carbocycles. The van der Waals surface area contributed by atoms with Gasteiger partial charge in [-0.25, -0.2) is 9.97 Å². The highest BCUT2D eigenvalue weighted by Gasteiger charge is 2.44. The molecule has 1 fully saturated rings. The molecule has 9 heteroatoms. The number of thiophene rings is 1. The molecule has 28 heavy (non-hydrogen) atoms. The highest BCUT2D eigenvalue weighted by Crippen LogP contribution is 2.40. The van der Waals surface area contributed by atoms with E-state index in [1.807, 2.05) is 29.6 Å². The molecule has 0 aliphatic carbocycles. The largest absolute Gasteiger partial charge is 0.394 e. The second kappa shape index (κ2) is 6.50. The Balaban J connectivity index is 1.78. The molecule has 1 aromatic carbocycles. The van der Waals surface area contributed by atoms with Crippen LogP contribution in [-0.2, 0) is 4.74 Å². The number of benzene rings is 1. The first-order valence-electron chi connectivity index (χ1n) is 8.79. The Morgan fingerprint density at radius 3 is 2.71 bits per heavy atom. The van der Waals surface area contributed by atoms with Gasteiger partial charge >= 0.3 is 0 Å². The van der Waals surface area contributed by atoms with E-state index in [-0.39, 0.29) is 0 Å². The number of fused-ring (bicyclic) bond motifs is 3. The van der Waals surface area contributed by atoms with E-state index in [1.54, 1.807) is 15.9 Å². The van der Waals surface area contributed by atoms with Gasteiger partial charge in [0.25, 0.3) is 0 Å². The Morgan fingerprint density at radius 2 is 2.00 bits per heavy atom. The van der Waals surface area contributed by atoms with Gasteiger partial charge < -0.3 is 25.8 Å². The molecule has 0 radical (unpaired) electrons. The van der Waals surface area contributed by atoms with Crippen LogP contribution in [0.4, 0.5) is 5.82 Å². The maximum absolute atomic E-state index is 10.5. The molecule has 5 rings (SSSR count). The second-order valence-corrected chi connectivity index (χ2v) is 7.58. The predicted octanol–water partition coefficient (Wildman–Crippen LogP) is 1.51. The lowest BCUT2D eigenvalue weighted by atomic mass is 10.1. The number of nitrogens with zero attached hydrogens (tertiary/aromatic N) is 3. The van der Waals surface area contributed by atoms with E-state index in [1.165, 1.54) is 6.33 Å². The van der Waals surface area contributed by atoms with Crippen molar-refractivity contribution in [3.05, 3.63) is 41.4 Å². The number of ether oxygens (including phenoxy) is 1. The van der Waals surface area contributed by atoms with E-state index in [9.17, 15) is 15.3 Å². The fourth-order valence-corrected chi connectivity index (χ4v) is 4.52. The van der Waals surface area contributed by atoms with Crippen LogP contribution < -0.4 is 5.73 Å². The quantitative estimate of drug-likeness (QED) is 0.412. The Morgan fingerprint density at radius 1 is 1.14 bits per heavy atom. The molecule has 0 amide bonds. The lowest BCUT2D eigenvalue weighted by Gasteiger charge is -2.18. The van der Waals surface area contributed by atoms with Crippen LogP contribution >= 0.6 is 11.3 Å². The van der Waals surface area contributed by atoms with Gasteiger partial charge in [-0.1, -0.05) is 6.07 Å². The number of aliphatic hydroxyl groups is 3. The van der Waals surface area contributed by atoms with Gasteiger partial charge in [-0.2, -0.15) is 11.3 Å². The summed E-state index contributed by atoms with van der Waals surface area (Å²) in [4.78, 5) is 8.48. The SMILES string of the molecule is Nc1ncnc2c1c1cc(-c3ccsc3)ccc1n2[C@@H]1O[C@H](CO)[C@@H](O)[C@H]1O. The summed E-state index contributed by atoms with van der Waals surface area (Å²) in [6.45, 7) is -0.398. The zero-order chi connectivity index (χ0) is 19.4. The third-order valence-corrected chi connectivity index (χ3v) is 5.92. The van der Waals surface area contributed by atoms with Gasteiger partial charge in [0.05, 0.1) is 17.5 Å². The van der Waals surface area contributed by atoms with Crippen LogP contribution in [0.15, 0.2) is 41.4 Å². The highest BCUT2D eigenvalue weighted by molar-refractivity contribution is 7.08. The molecule has 0 bridgehead atoms. The first kappa shape index (κ1) is 17.5. The average molecular weight is 398 g/mol. The van der Waals surface area contributed by atoms with Crippen LogP contribution in [0.5, 0.6) is 0 Å². The van der Waals surface area contributed by atoms with Gasteiger partial charge in [0.2, 0.25) is 0 Å². The van der Waals surface area contributed by atoms with E-state index >= 15 is 0 Å². The van der Waals surface area contributed by atoms with Crippen molar-refractivity contribution in [2.45, 2.75) is 24.5 Å². The summed E-state index contributed by atoms with van der Waals surface area (Å²) in [5.74, 6) is 0.322. The summed E-state index contributed by atoms with van der Waals surface area (Å²) < 4.78 is 7.46. The molecule has 4 atom stereocenters. The summed E-state index contributed by atoms with van der Waals surface area (Å²) in [5, 5.41) is 35.7. The molecule has 8 nitrogen and oxygen atoms in total. The van der Waals surface area contributed by atoms with Crippen molar-refractivity contribution >= 4 is 39.1 Å². The zero-order valence-corrected chi connectivity index (χ0v) is 15.5. The Labute approximate surface area is 163 Å². The van der Waals surface area contributed by atoms with E-state index in [2.05, 4.69) is 15.3 Å². The minimum absolute atomic E-state index is 0.322. The lowest BCUT2D eigenvalue weighted by Crippen LogP contribution is -2.33. The van der Waals surface area contributed by atoms with Crippen LogP contribution in [-0.4, -0.2) is 54.8 Å². The zero-order valence-electron chi connectivity index (χ0n) is 14.6. The van der Waals surface area contributed by atoms with Crippen LogP contribution in [0.1, 0.15) is 6.23 Å². The maximum atomic E-state index is 10.5. The number of aliphatic hydroxyl groups excluding tert-OH is 3. The van der Waals surface area contributed by atoms with Crippen molar-refractivity contribution in [3.8, 4) is 11.1 Å². The van der Waals surface area contributed by atoms with Gasteiger partial charge in [0, 0.05) is 5.39 Å². The number of aromatic nitrogens is 3. The lowest BCUT2D eigenvalue weighted by molar-refractivity contribution is -0.0489. The number of anilines is 1. The number of nitrogens with two attached hydrogens (primary N) is 1. The first-order valence-corrected chi connectivity index (χ1v) is 9.73. The summed E-state index contributed by atoms with van der Waals surface area (Å²) >= 11 is 1.62. The van der Waals surface area contributed by atoms with Crippen LogP contribution in [0, 0.1) is 0 Å². The monoisotopic (exact) mass is 398 g/mol. The molecule has 4 heterocycles. The number of nitrogen functional groups attached to an aromatic ring is 1. The van der Waals surface area contributed by atoms with Crippen molar-refractivity contribution in [1.82, 2.24) is 14.5 Å². The molecule has 1 saturated heterocycles. The second-order valence-electron chi connectivity index (χ2n) is 6.80. The fourth-order valence-electron chi connectivity index (χ4n) is 3.85. The Kier molecular flexibility index (Phi) is 4.07. The third kappa shape index (κ3) is 2.45. The van der Waals surface area contributed by atoms with Crippen LogP contribution in [0.3, 0.4) is 0 Å². The molecule has 5 N–H and O–H groups in total. The molecule has 0 unspecified atom stereocenters. The van der Waals surface area contributed by atoms with Crippen LogP contribution in [0.25, 0.3) is 33.1 Å². The highest BCUT2D eigenvalue weighted by atomic mass is 32.1. The normalized spacial score (nSPS) is 25.1. The number of hydrogen-bond donors (Lipinski definition) is 4. The van der Waals surface area contributed by atoms with Gasteiger partial charge in [-0.15, -0.1) is 0 Å². The van der Waals surface area contributed by atoms with Gasteiger partial charge in [0.1, 0.15) is 36.1 Å². The Hall–Kier alpha value is -2.56. The van der Waals surface area contributed by atoms with Crippen LogP contribution in [0.2, 0.25) is 0 Å². The first-order chi connectivity index (χ1) is 13.6. The summed E-state index contributed by atoms with van der Waals surface area (Å²) in [7, 11) is 0. The molecule has 1 aliphatic rings. The predicted molar refractivity (Wildman–Crippen MR) is 106 cm³/mol. The van der Waals surface area contributed by atoms with Gasteiger partial charge in [-0.3, -0.25) is 4.57 Å². The molecule has 1 aliphatic heterocycles. The molecule has 144 valence electrons. The van der Waals surface area contributed by atoms with Crippen molar-refractivity contribution in [1.29, 1.82) is 0 Å². The average Bonchev–Trinajstić information content (AvgIpc) is 3.40. The van der Waals surface area contributed by atoms with Gasteiger partial charge in [0.15, 0.2) is 6.23 Å². The standard InChI is InChI=1S/C19H18N4O4S/c20-17-14-11-5-9(10-3-4-28-7-10)1-2-12(11)23(18(14)22-8-21-17)19-16(26)15(25)13(6-24)27-19/h1-5,7-8,13,15-16,19,24-26H,6H2,(H2,20,21,22)/t13-,15-,16-,19-/m1/s1. The van der Waals surface area contributed by atoms with E-state index < -0.39 is 31.1 Å². The molecule has 0 spiro atoms. The van der Waals surface area contributed by atoms with E-state index in [0.29, 0.717) is 16.9 Å². The third-order valence-electron chi connectivity index (χ3n) is 5.24. The summed E-state index contributed by atoms with van der Waals surface area (Å²) in [6, 6.07) is 7.94.